The number of urea groups is 1. The van der Waals surface area contributed by atoms with E-state index >= 15 is 0 Å². The summed E-state index contributed by atoms with van der Waals surface area (Å²) in [7, 11) is 0. The van der Waals surface area contributed by atoms with Crippen LogP contribution in [0.2, 0.25) is 0 Å². The predicted octanol–water partition coefficient (Wildman–Crippen LogP) is 2.83. The van der Waals surface area contributed by atoms with Crippen LogP contribution in [0.1, 0.15) is 45.4 Å². The highest BCUT2D eigenvalue weighted by Crippen LogP contribution is 2.24. The third-order valence-corrected chi connectivity index (χ3v) is 4.05. The Balaban J connectivity index is 2.09. The second-order valence-electron chi connectivity index (χ2n) is 4.20. The maximum atomic E-state index is 11.4. The fourth-order valence-electron chi connectivity index (χ4n) is 1.81. The van der Waals surface area contributed by atoms with E-state index in [2.05, 4.69) is 40.1 Å². The van der Waals surface area contributed by atoms with Gasteiger partial charge in [0.1, 0.15) is 0 Å². The summed E-state index contributed by atoms with van der Waals surface area (Å²) < 4.78 is 0.809. The molecule has 0 aliphatic heterocycles. The predicted molar refractivity (Wildman–Crippen MR) is 71.5 cm³/mol. The van der Waals surface area contributed by atoms with Crippen molar-refractivity contribution in [3.63, 3.8) is 0 Å². The zero-order valence-corrected chi connectivity index (χ0v) is 11.5. The molecule has 1 saturated carbocycles. The van der Waals surface area contributed by atoms with E-state index in [4.69, 9.17) is 0 Å². The van der Waals surface area contributed by atoms with Crippen molar-refractivity contribution in [3.05, 3.63) is 0 Å². The molecule has 1 rings (SSSR count). The molecule has 0 saturated heterocycles. The highest BCUT2D eigenvalue weighted by Gasteiger charge is 2.20. The Kier molecular flexibility index (Phi) is 6.36. The van der Waals surface area contributed by atoms with Crippen LogP contribution < -0.4 is 10.6 Å². The number of carbonyl (C=O) groups excluding carboxylic acids is 1. The summed E-state index contributed by atoms with van der Waals surface area (Å²) in [5.41, 5.74) is 0. The van der Waals surface area contributed by atoms with Crippen molar-refractivity contribution >= 4 is 28.6 Å². The first kappa shape index (κ1) is 13.1. The summed E-state index contributed by atoms with van der Waals surface area (Å²) in [6.45, 7) is 2.92. The smallest absolute Gasteiger partial charge is 0.315 e. The summed E-state index contributed by atoms with van der Waals surface area (Å²) in [4.78, 5) is 11.4. The normalized spacial score (nSPS) is 26.0. The molecule has 2 N–H and O–H groups in total. The number of hydrogen-bond donors (Lipinski definition) is 2. The number of halogens is 1. The van der Waals surface area contributed by atoms with Gasteiger partial charge in [0.25, 0.3) is 0 Å². The summed E-state index contributed by atoms with van der Waals surface area (Å²) >= 11 is 2.50. The van der Waals surface area contributed by atoms with Gasteiger partial charge in [-0.25, -0.2) is 4.79 Å². The Labute approximate surface area is 106 Å². The molecule has 0 bridgehead atoms. The molecule has 2 amide bonds. The Morgan fingerprint density at radius 3 is 2.60 bits per heavy atom. The minimum atomic E-state index is 0.0142. The third-order valence-electron chi connectivity index (χ3n) is 2.81. The largest absolute Gasteiger partial charge is 0.338 e. The number of rotatable bonds is 4. The minimum absolute atomic E-state index is 0.0142. The first-order valence-corrected chi connectivity index (χ1v) is 7.15. The van der Waals surface area contributed by atoms with Crippen LogP contribution in [0, 0.1) is 0 Å². The standard InChI is InChI=1S/C11H21IN2O/c1-2-3-8-13-11(15)14-10-6-4-9(12)5-7-10/h9-10H,2-8H2,1H3,(H2,13,14,15). The van der Waals surface area contributed by atoms with E-state index in [9.17, 15) is 4.79 Å². The number of unbranched alkanes of at least 4 members (excludes halogenated alkanes) is 1. The van der Waals surface area contributed by atoms with Crippen molar-refractivity contribution in [2.45, 2.75) is 55.4 Å². The highest BCUT2D eigenvalue weighted by molar-refractivity contribution is 14.1. The Hall–Kier alpha value is 0. The first-order chi connectivity index (χ1) is 7.22. The second-order valence-corrected chi connectivity index (χ2v) is 5.96. The van der Waals surface area contributed by atoms with Gasteiger partial charge in [0.15, 0.2) is 0 Å². The van der Waals surface area contributed by atoms with Crippen molar-refractivity contribution in [2.75, 3.05) is 6.54 Å². The molecule has 0 radical (unpaired) electrons. The van der Waals surface area contributed by atoms with E-state index in [-0.39, 0.29) is 6.03 Å². The average Bonchev–Trinajstić information content (AvgIpc) is 2.22. The molecule has 88 valence electrons. The van der Waals surface area contributed by atoms with Crippen LogP contribution in [0.3, 0.4) is 0 Å². The summed E-state index contributed by atoms with van der Waals surface area (Å²) in [6.07, 6.45) is 6.93. The zero-order valence-electron chi connectivity index (χ0n) is 9.39. The molecule has 4 heteroatoms. The van der Waals surface area contributed by atoms with E-state index < -0.39 is 0 Å². The van der Waals surface area contributed by atoms with Crippen LogP contribution in [-0.4, -0.2) is 22.5 Å². The quantitative estimate of drug-likeness (QED) is 0.466. The van der Waals surface area contributed by atoms with Gasteiger partial charge in [-0.15, -0.1) is 0 Å². The minimum Gasteiger partial charge on any atom is -0.338 e. The van der Waals surface area contributed by atoms with Crippen molar-refractivity contribution < 1.29 is 4.79 Å². The van der Waals surface area contributed by atoms with E-state index in [0.717, 1.165) is 36.2 Å². The van der Waals surface area contributed by atoms with Crippen LogP contribution >= 0.6 is 22.6 Å². The lowest BCUT2D eigenvalue weighted by Gasteiger charge is -2.26. The molecule has 0 aromatic heterocycles. The molecule has 1 fully saturated rings. The van der Waals surface area contributed by atoms with E-state index in [0.29, 0.717) is 6.04 Å². The molecule has 0 aromatic carbocycles. The highest BCUT2D eigenvalue weighted by atomic mass is 127. The van der Waals surface area contributed by atoms with Gasteiger partial charge in [-0.2, -0.15) is 0 Å². The van der Waals surface area contributed by atoms with Crippen molar-refractivity contribution in [1.29, 1.82) is 0 Å². The van der Waals surface area contributed by atoms with Crippen LogP contribution in [-0.2, 0) is 0 Å². The van der Waals surface area contributed by atoms with Crippen LogP contribution in [0.4, 0.5) is 4.79 Å². The van der Waals surface area contributed by atoms with Gasteiger partial charge in [-0.05, 0) is 32.1 Å². The van der Waals surface area contributed by atoms with E-state index in [1.807, 2.05) is 0 Å². The molecule has 0 spiro atoms. The Morgan fingerprint density at radius 1 is 1.33 bits per heavy atom. The fourth-order valence-corrected chi connectivity index (χ4v) is 2.53. The van der Waals surface area contributed by atoms with Crippen LogP contribution in [0.25, 0.3) is 0 Å². The lowest BCUT2D eigenvalue weighted by atomic mass is 9.96. The van der Waals surface area contributed by atoms with Crippen molar-refractivity contribution in [1.82, 2.24) is 10.6 Å². The topological polar surface area (TPSA) is 41.1 Å². The van der Waals surface area contributed by atoms with Gasteiger partial charge in [-0.3, -0.25) is 0 Å². The van der Waals surface area contributed by atoms with Crippen LogP contribution in [0.5, 0.6) is 0 Å². The molecule has 0 heterocycles. The third kappa shape index (κ3) is 5.58. The zero-order chi connectivity index (χ0) is 11.1. The van der Waals surface area contributed by atoms with Crippen molar-refractivity contribution in [3.8, 4) is 0 Å². The molecular formula is C11H21IN2O. The molecular weight excluding hydrogens is 303 g/mol. The van der Waals surface area contributed by atoms with Crippen LogP contribution in [0.15, 0.2) is 0 Å². The summed E-state index contributed by atoms with van der Waals surface area (Å²) in [5.74, 6) is 0. The van der Waals surface area contributed by atoms with E-state index in [1.165, 1.54) is 12.8 Å². The summed E-state index contributed by atoms with van der Waals surface area (Å²) in [5, 5.41) is 5.94. The molecule has 0 aromatic rings. The second kappa shape index (κ2) is 7.30. The molecule has 0 atom stereocenters. The average molecular weight is 324 g/mol. The van der Waals surface area contributed by atoms with Gasteiger partial charge in [0.05, 0.1) is 0 Å². The number of hydrogen-bond acceptors (Lipinski definition) is 1. The van der Waals surface area contributed by atoms with Gasteiger partial charge in [0.2, 0.25) is 0 Å². The molecule has 3 nitrogen and oxygen atoms in total. The number of carbonyl (C=O) groups is 1. The fraction of sp³-hybridized carbons (Fsp3) is 0.909. The first-order valence-electron chi connectivity index (χ1n) is 5.90. The number of nitrogens with one attached hydrogen (secondary N) is 2. The maximum Gasteiger partial charge on any atom is 0.315 e. The number of amides is 2. The molecule has 1 aliphatic rings. The molecule has 1 aliphatic carbocycles. The Morgan fingerprint density at radius 2 is 2.00 bits per heavy atom. The van der Waals surface area contributed by atoms with Gasteiger partial charge in [0, 0.05) is 16.5 Å². The molecule has 0 unspecified atom stereocenters. The van der Waals surface area contributed by atoms with Gasteiger partial charge >= 0.3 is 6.03 Å². The number of alkyl halides is 1. The van der Waals surface area contributed by atoms with Gasteiger partial charge in [-0.1, -0.05) is 35.9 Å². The van der Waals surface area contributed by atoms with Crippen molar-refractivity contribution in [2.24, 2.45) is 0 Å². The van der Waals surface area contributed by atoms with Gasteiger partial charge < -0.3 is 10.6 Å². The summed E-state index contributed by atoms with van der Waals surface area (Å²) in [6, 6.07) is 0.415. The monoisotopic (exact) mass is 324 g/mol. The Bertz CT molecular complexity index is 191. The van der Waals surface area contributed by atoms with E-state index in [1.54, 1.807) is 0 Å². The lowest BCUT2D eigenvalue weighted by molar-refractivity contribution is 0.233. The SMILES string of the molecule is CCCCNC(=O)NC1CCC(I)CC1. The molecule has 15 heavy (non-hydrogen) atoms. The maximum absolute atomic E-state index is 11.4. The lowest BCUT2D eigenvalue weighted by Crippen LogP contribution is -2.43.